The van der Waals surface area contributed by atoms with Gasteiger partial charge in [0.25, 0.3) is 0 Å². The quantitative estimate of drug-likeness (QED) is 0.374. The number of benzene rings is 3. The lowest BCUT2D eigenvalue weighted by molar-refractivity contribution is 0.0976. The van der Waals surface area contributed by atoms with Crippen LogP contribution in [-0.4, -0.2) is 57.0 Å². The van der Waals surface area contributed by atoms with Crippen LogP contribution in [0.2, 0.25) is 0 Å². The number of fused-ring (bicyclic) bond motifs is 3. The van der Waals surface area contributed by atoms with Crippen molar-refractivity contribution >= 4 is 30.5 Å². The number of carbonyl (C=O) groups excluding carboxylic acids is 2. The van der Waals surface area contributed by atoms with Gasteiger partial charge in [-0.15, -0.1) is 5.46 Å². The normalized spacial score (nSPS) is 15.4. The molecule has 5 rings (SSSR count). The summed E-state index contributed by atoms with van der Waals surface area (Å²) in [6, 6.07) is 18.6. The topological polar surface area (TPSA) is 49.9 Å². The van der Waals surface area contributed by atoms with Crippen LogP contribution in [0.25, 0.3) is 11.1 Å². The van der Waals surface area contributed by atoms with Crippen LogP contribution >= 0.6 is 0 Å². The molecule has 9 heteroatoms. The summed E-state index contributed by atoms with van der Waals surface area (Å²) in [5, 5.41) is 0. The minimum atomic E-state index is -5.25. The van der Waals surface area contributed by atoms with Gasteiger partial charge in [-0.05, 0) is 35.2 Å². The van der Waals surface area contributed by atoms with Gasteiger partial charge in [0.15, 0.2) is 0 Å². The number of carbonyl (C=O) groups is 2. The molecule has 0 saturated carbocycles. The van der Waals surface area contributed by atoms with E-state index in [0.29, 0.717) is 38.2 Å². The molecule has 5 nitrogen and oxygen atoms in total. The maximum atomic E-state index is 13.5. The number of nitrogens with zero attached hydrogens (tertiary/aromatic N) is 2. The van der Waals surface area contributed by atoms with Crippen molar-refractivity contribution in [3.63, 3.8) is 0 Å². The zero-order valence-electron chi connectivity index (χ0n) is 19.8. The zero-order chi connectivity index (χ0) is 25.4. The summed E-state index contributed by atoms with van der Waals surface area (Å²) in [6.45, 7) is -2.30. The Labute approximate surface area is 207 Å². The van der Waals surface area contributed by atoms with E-state index in [9.17, 15) is 22.5 Å². The Morgan fingerprint density at radius 1 is 0.972 bits per heavy atom. The van der Waals surface area contributed by atoms with Crippen molar-refractivity contribution in [3.05, 3.63) is 82.9 Å². The van der Waals surface area contributed by atoms with Crippen LogP contribution < -0.4 is 10.4 Å². The summed E-state index contributed by atoms with van der Waals surface area (Å²) in [5.41, 5.74) is 4.26. The molecule has 36 heavy (non-hydrogen) atoms. The molecule has 2 aliphatic rings. The number of hydrogen-bond donors (Lipinski definition) is 0. The third kappa shape index (κ3) is 4.34. The van der Waals surface area contributed by atoms with Gasteiger partial charge in [0.05, 0.1) is 0 Å². The first-order chi connectivity index (χ1) is 17.3. The van der Waals surface area contributed by atoms with Gasteiger partial charge >= 0.3 is 13.1 Å². The second-order valence-electron chi connectivity index (χ2n) is 9.22. The molecule has 0 atom stereocenters. The average molecular weight is 493 g/mol. The first kappa shape index (κ1) is 24.0. The lowest BCUT2D eigenvalue weighted by atomic mass is 9.75. The summed E-state index contributed by atoms with van der Waals surface area (Å²) < 4.78 is 46.3. The van der Waals surface area contributed by atoms with Crippen molar-refractivity contribution in [1.82, 2.24) is 4.90 Å². The highest BCUT2D eigenvalue weighted by atomic mass is 19.4. The average Bonchev–Trinajstić information content (AvgIpc) is 3.20. The van der Waals surface area contributed by atoms with Crippen LogP contribution in [0.1, 0.15) is 33.0 Å². The number of piperazine rings is 1. The van der Waals surface area contributed by atoms with Gasteiger partial charge in [0.1, 0.15) is 12.9 Å². The van der Waals surface area contributed by atoms with E-state index in [4.69, 9.17) is 4.74 Å². The fraction of sp³-hybridized carbons (Fsp3) is 0.259. The third-order valence-corrected chi connectivity index (χ3v) is 7.15. The molecule has 0 N–H and O–H groups in total. The molecule has 3 aromatic rings. The Kier molecular flexibility index (Phi) is 6.24. The van der Waals surface area contributed by atoms with E-state index in [2.05, 4.69) is 24.3 Å². The van der Waals surface area contributed by atoms with Crippen molar-refractivity contribution in [1.29, 1.82) is 0 Å². The lowest BCUT2D eigenvalue weighted by Gasteiger charge is -2.37. The van der Waals surface area contributed by atoms with Crippen molar-refractivity contribution in [2.24, 2.45) is 0 Å². The molecule has 0 spiro atoms. The Balaban J connectivity index is 1.25. The van der Waals surface area contributed by atoms with Crippen LogP contribution in [0.15, 0.2) is 60.7 Å². The lowest BCUT2D eigenvalue weighted by Crippen LogP contribution is -2.50. The van der Waals surface area contributed by atoms with E-state index in [0.717, 1.165) is 28.3 Å². The highest BCUT2D eigenvalue weighted by Gasteiger charge is 2.32. The van der Waals surface area contributed by atoms with Crippen LogP contribution in [-0.2, 0) is 4.74 Å². The second kappa shape index (κ2) is 9.37. The molecule has 3 aromatic carbocycles. The van der Waals surface area contributed by atoms with Gasteiger partial charge in [-0.2, -0.15) is 0 Å². The summed E-state index contributed by atoms with van der Waals surface area (Å²) in [5.74, 6) is -0.0426. The summed E-state index contributed by atoms with van der Waals surface area (Å²) in [4.78, 5) is 27.5. The fourth-order valence-electron chi connectivity index (χ4n) is 5.30. The molecule has 1 heterocycles. The van der Waals surface area contributed by atoms with Gasteiger partial charge in [-0.25, -0.2) is 4.79 Å². The van der Waals surface area contributed by atoms with Crippen LogP contribution in [0.4, 0.5) is 23.4 Å². The molecule has 1 aliphatic carbocycles. The largest absolute Gasteiger partial charge is 0.509 e. The summed E-state index contributed by atoms with van der Waals surface area (Å²) in [7, 11) is 0. The highest BCUT2D eigenvalue weighted by molar-refractivity contribution is 6.74. The molecule has 1 amide bonds. The predicted octanol–water partition coefficient (Wildman–Crippen LogP) is 4.93. The molecule has 1 fully saturated rings. The SMILES string of the molecule is Cc1c(N2CCN(C(=O)OCC3c4ccccc4-c4ccccc43)CC2)cc(C=O)cc1[B-](F)(F)F. The van der Waals surface area contributed by atoms with Gasteiger partial charge in [0.2, 0.25) is 0 Å². The van der Waals surface area contributed by atoms with Crippen molar-refractivity contribution < 1.29 is 27.3 Å². The Bertz CT molecular complexity index is 1270. The standard InChI is InChI=1S/C27H25BF3N2O3/c1-18-25(28(29,30)31)14-19(16-34)15-26(18)32-10-12-33(13-11-32)27(35)36-17-24-22-8-4-2-6-20(22)21-7-3-5-9-23(21)24/h2-9,14-16,24H,10-13,17H2,1H3/q-1. The number of aldehydes is 1. The van der Waals surface area contributed by atoms with Gasteiger partial charge in [-0.3, -0.25) is 4.79 Å². The van der Waals surface area contributed by atoms with Crippen molar-refractivity contribution in [2.75, 3.05) is 37.7 Å². The first-order valence-electron chi connectivity index (χ1n) is 11.9. The Morgan fingerprint density at radius 2 is 1.56 bits per heavy atom. The maximum Gasteiger partial charge on any atom is 0.509 e. The molecule has 0 radical (unpaired) electrons. The minimum Gasteiger partial charge on any atom is -0.448 e. The predicted molar refractivity (Wildman–Crippen MR) is 134 cm³/mol. The fourth-order valence-corrected chi connectivity index (χ4v) is 5.30. The maximum absolute atomic E-state index is 13.5. The number of hydrogen-bond acceptors (Lipinski definition) is 4. The first-order valence-corrected chi connectivity index (χ1v) is 11.9. The van der Waals surface area contributed by atoms with E-state index < -0.39 is 18.5 Å². The number of anilines is 1. The van der Waals surface area contributed by atoms with Gasteiger partial charge in [0, 0.05) is 43.3 Å². The Morgan fingerprint density at radius 3 is 2.11 bits per heavy atom. The van der Waals surface area contributed by atoms with E-state index >= 15 is 0 Å². The molecular weight excluding hydrogens is 468 g/mol. The van der Waals surface area contributed by atoms with Gasteiger partial charge < -0.3 is 27.5 Å². The number of ether oxygens (including phenoxy) is 1. The van der Waals surface area contributed by atoms with Crippen LogP contribution in [0, 0.1) is 6.92 Å². The summed E-state index contributed by atoms with van der Waals surface area (Å²) in [6.07, 6.45) is -0.00419. The second-order valence-corrected chi connectivity index (χ2v) is 9.22. The van der Waals surface area contributed by atoms with E-state index in [1.54, 1.807) is 9.80 Å². The Hall–Kier alpha value is -3.75. The zero-order valence-corrected chi connectivity index (χ0v) is 19.8. The molecule has 0 aromatic heterocycles. The number of amides is 1. The highest BCUT2D eigenvalue weighted by Crippen LogP contribution is 2.44. The van der Waals surface area contributed by atoms with E-state index in [1.165, 1.54) is 13.0 Å². The van der Waals surface area contributed by atoms with E-state index in [-0.39, 0.29) is 23.7 Å². The molecule has 1 saturated heterocycles. The molecule has 1 aliphatic heterocycles. The van der Waals surface area contributed by atoms with Gasteiger partial charge in [-0.1, -0.05) is 60.2 Å². The smallest absolute Gasteiger partial charge is 0.448 e. The van der Waals surface area contributed by atoms with Crippen LogP contribution in [0.5, 0.6) is 0 Å². The number of rotatable bonds is 5. The summed E-state index contributed by atoms with van der Waals surface area (Å²) >= 11 is 0. The molecule has 0 unspecified atom stereocenters. The minimum absolute atomic E-state index is 0.0104. The number of halogens is 3. The molecular formula is C27H25BF3N2O3-. The van der Waals surface area contributed by atoms with E-state index in [1.807, 2.05) is 24.3 Å². The van der Waals surface area contributed by atoms with Crippen LogP contribution in [0.3, 0.4) is 0 Å². The third-order valence-electron chi connectivity index (χ3n) is 7.15. The molecule has 0 bridgehead atoms. The molecule has 186 valence electrons. The van der Waals surface area contributed by atoms with Crippen molar-refractivity contribution in [3.8, 4) is 11.1 Å². The van der Waals surface area contributed by atoms with Crippen molar-refractivity contribution in [2.45, 2.75) is 12.8 Å². The monoisotopic (exact) mass is 493 g/mol.